The molecule has 2 heterocycles. The number of ketones is 1. The smallest absolute Gasteiger partial charge is 0.344 e. The number of carbonyl (C=O) groups is 2. The van der Waals surface area contributed by atoms with E-state index in [9.17, 15) is 9.59 Å². The summed E-state index contributed by atoms with van der Waals surface area (Å²) in [6.45, 7) is 8.75. The monoisotopic (exact) mass is 370 g/mol. The first-order valence-electron chi connectivity index (χ1n) is 8.63. The number of hydrogen-bond donors (Lipinski definition) is 0. The van der Waals surface area contributed by atoms with E-state index in [0.29, 0.717) is 28.4 Å². The summed E-state index contributed by atoms with van der Waals surface area (Å²) in [4.78, 5) is 24.4. The average Bonchev–Trinajstić information content (AvgIpc) is 3.10. The van der Waals surface area contributed by atoms with Gasteiger partial charge in [-0.3, -0.25) is 4.79 Å². The molecule has 1 aliphatic rings. The number of Topliss-reactive ketones (excluding diaryl/α,β-unsaturated/α-hetero) is 1. The number of carbonyl (C=O) groups excluding carboxylic acids is 2. The number of fused-ring (bicyclic) bond motifs is 1. The first-order valence-corrected chi connectivity index (χ1v) is 8.63. The molecule has 6 nitrogen and oxygen atoms in total. The second-order valence-corrected chi connectivity index (χ2v) is 7.33. The minimum Gasteiger partial charge on any atom is -0.481 e. The first kappa shape index (κ1) is 18.8. The normalized spacial score (nSPS) is 14.9. The molecule has 1 aromatic carbocycles. The molecule has 1 aliphatic heterocycles. The minimum absolute atomic E-state index is 0.187. The average molecular weight is 370 g/mol. The van der Waals surface area contributed by atoms with E-state index >= 15 is 0 Å². The van der Waals surface area contributed by atoms with Gasteiger partial charge in [-0.2, -0.15) is 0 Å². The molecule has 0 aliphatic carbocycles. The van der Waals surface area contributed by atoms with Crippen LogP contribution >= 0.6 is 0 Å². The third-order valence-electron chi connectivity index (χ3n) is 3.84. The van der Waals surface area contributed by atoms with Gasteiger partial charge in [0.05, 0.1) is 5.56 Å². The summed E-state index contributed by atoms with van der Waals surface area (Å²) < 4.78 is 22.0. The molecule has 0 radical (unpaired) electrons. The molecule has 2 aromatic rings. The second-order valence-electron chi connectivity index (χ2n) is 7.33. The fraction of sp³-hybridized carbons (Fsp3) is 0.333. The molecule has 27 heavy (non-hydrogen) atoms. The van der Waals surface area contributed by atoms with Crippen LogP contribution in [0.1, 0.15) is 48.2 Å². The number of aryl methyl sites for hydroxylation is 1. The molecule has 0 spiro atoms. The van der Waals surface area contributed by atoms with E-state index in [1.807, 2.05) is 13.0 Å². The van der Waals surface area contributed by atoms with Crippen LogP contribution in [-0.2, 0) is 9.53 Å². The highest BCUT2D eigenvalue weighted by atomic mass is 16.6. The summed E-state index contributed by atoms with van der Waals surface area (Å²) in [6.07, 6.45) is 1.57. The van der Waals surface area contributed by atoms with Gasteiger partial charge in [-0.1, -0.05) is 0 Å². The molecule has 0 fully saturated rings. The zero-order chi connectivity index (χ0) is 19.8. The number of furan rings is 1. The Morgan fingerprint density at radius 3 is 2.52 bits per heavy atom. The molecule has 0 N–H and O–H groups in total. The van der Waals surface area contributed by atoms with Gasteiger partial charge in [0.2, 0.25) is 5.78 Å². The Hall–Kier alpha value is -3.02. The van der Waals surface area contributed by atoms with Crippen molar-refractivity contribution in [1.82, 2.24) is 0 Å². The molecule has 3 rings (SSSR count). The predicted molar refractivity (Wildman–Crippen MR) is 98.9 cm³/mol. The van der Waals surface area contributed by atoms with Crippen molar-refractivity contribution in [1.29, 1.82) is 0 Å². The molecule has 0 amide bonds. The standard InChI is InChI=1S/C21H22O6/c1-12-6-7-14(25-12)10-17-19(23)15-8-9-16(13(2)20(15)26-17)24-11-18(22)27-21(3,4)5/h6-10H,11H2,1-5H3/b17-10-. The van der Waals surface area contributed by atoms with Gasteiger partial charge in [-0.05, 0) is 58.9 Å². The Bertz CT molecular complexity index is 927. The predicted octanol–water partition coefficient (Wildman–Crippen LogP) is 4.23. The van der Waals surface area contributed by atoms with Crippen molar-refractivity contribution < 1.29 is 28.2 Å². The molecule has 0 saturated heterocycles. The van der Waals surface area contributed by atoms with E-state index in [1.54, 1.807) is 52.0 Å². The molecule has 0 saturated carbocycles. The largest absolute Gasteiger partial charge is 0.481 e. The number of benzene rings is 1. The lowest BCUT2D eigenvalue weighted by molar-refractivity contribution is -0.157. The summed E-state index contributed by atoms with van der Waals surface area (Å²) in [5.41, 5.74) is 0.516. The SMILES string of the molecule is Cc1ccc(/C=C2\Oc3c(ccc(OCC(=O)OC(C)(C)C)c3C)C2=O)o1. The summed E-state index contributed by atoms with van der Waals surface area (Å²) >= 11 is 0. The lowest BCUT2D eigenvalue weighted by Crippen LogP contribution is -2.27. The number of hydrogen-bond acceptors (Lipinski definition) is 6. The fourth-order valence-corrected chi connectivity index (χ4v) is 2.69. The number of rotatable bonds is 4. The summed E-state index contributed by atoms with van der Waals surface area (Å²) in [5.74, 6) is 1.68. The molecule has 1 aromatic heterocycles. The van der Waals surface area contributed by atoms with Crippen molar-refractivity contribution in [3.8, 4) is 11.5 Å². The van der Waals surface area contributed by atoms with Crippen LogP contribution in [0, 0.1) is 13.8 Å². The first-order chi connectivity index (χ1) is 12.6. The zero-order valence-electron chi connectivity index (χ0n) is 16.0. The van der Waals surface area contributed by atoms with E-state index < -0.39 is 11.6 Å². The highest BCUT2D eigenvalue weighted by molar-refractivity contribution is 6.14. The molecule has 0 bridgehead atoms. The van der Waals surface area contributed by atoms with E-state index in [1.165, 1.54) is 0 Å². The van der Waals surface area contributed by atoms with Gasteiger partial charge < -0.3 is 18.6 Å². The van der Waals surface area contributed by atoms with Crippen LogP contribution in [-0.4, -0.2) is 24.0 Å². The quantitative estimate of drug-likeness (QED) is 0.592. The van der Waals surface area contributed by atoms with Crippen LogP contribution in [0.25, 0.3) is 6.08 Å². The van der Waals surface area contributed by atoms with E-state index in [2.05, 4.69) is 0 Å². The van der Waals surface area contributed by atoms with E-state index in [-0.39, 0.29) is 18.1 Å². The molecule has 0 atom stereocenters. The minimum atomic E-state index is -0.577. The Labute approximate surface area is 157 Å². The topological polar surface area (TPSA) is 75.0 Å². The maximum atomic E-state index is 12.5. The van der Waals surface area contributed by atoms with Gasteiger partial charge in [-0.25, -0.2) is 4.79 Å². The van der Waals surface area contributed by atoms with Crippen molar-refractivity contribution in [2.45, 2.75) is 40.2 Å². The van der Waals surface area contributed by atoms with Gasteiger partial charge in [0.1, 0.15) is 28.6 Å². The van der Waals surface area contributed by atoms with Gasteiger partial charge in [0.25, 0.3) is 0 Å². The van der Waals surface area contributed by atoms with Gasteiger partial charge in [-0.15, -0.1) is 0 Å². The van der Waals surface area contributed by atoms with E-state index in [4.69, 9.17) is 18.6 Å². The number of esters is 1. The molecule has 142 valence electrons. The Balaban J connectivity index is 1.77. The third-order valence-corrected chi connectivity index (χ3v) is 3.84. The summed E-state index contributed by atoms with van der Waals surface area (Å²) in [7, 11) is 0. The van der Waals surface area contributed by atoms with Crippen LogP contribution in [0.3, 0.4) is 0 Å². The fourth-order valence-electron chi connectivity index (χ4n) is 2.69. The lowest BCUT2D eigenvalue weighted by Gasteiger charge is -2.19. The summed E-state index contributed by atoms with van der Waals surface area (Å²) in [5, 5.41) is 0. The van der Waals surface area contributed by atoms with Crippen LogP contribution < -0.4 is 9.47 Å². The van der Waals surface area contributed by atoms with Gasteiger partial charge in [0.15, 0.2) is 12.4 Å². The highest BCUT2D eigenvalue weighted by Crippen LogP contribution is 2.39. The van der Waals surface area contributed by atoms with E-state index in [0.717, 1.165) is 5.76 Å². The second kappa shape index (κ2) is 6.95. The molecule has 0 unspecified atom stereocenters. The molecular formula is C21H22O6. The van der Waals surface area contributed by atoms with Crippen LogP contribution in [0.5, 0.6) is 11.5 Å². The van der Waals surface area contributed by atoms with Crippen LogP contribution in [0.4, 0.5) is 0 Å². The van der Waals surface area contributed by atoms with Crippen LogP contribution in [0.2, 0.25) is 0 Å². The molecule has 6 heteroatoms. The Kier molecular flexibility index (Phi) is 4.83. The zero-order valence-corrected chi connectivity index (χ0v) is 16.0. The summed E-state index contributed by atoms with van der Waals surface area (Å²) in [6, 6.07) is 6.86. The van der Waals surface area contributed by atoms with Gasteiger partial charge >= 0.3 is 5.97 Å². The van der Waals surface area contributed by atoms with Crippen molar-refractivity contribution in [3.63, 3.8) is 0 Å². The van der Waals surface area contributed by atoms with Gasteiger partial charge in [0, 0.05) is 11.6 Å². The van der Waals surface area contributed by atoms with Crippen molar-refractivity contribution >= 4 is 17.8 Å². The highest BCUT2D eigenvalue weighted by Gasteiger charge is 2.30. The third kappa shape index (κ3) is 4.22. The lowest BCUT2D eigenvalue weighted by atomic mass is 10.1. The Morgan fingerprint density at radius 1 is 1.15 bits per heavy atom. The molecular weight excluding hydrogens is 348 g/mol. The van der Waals surface area contributed by atoms with Crippen molar-refractivity contribution in [2.75, 3.05) is 6.61 Å². The van der Waals surface area contributed by atoms with Crippen molar-refractivity contribution in [3.05, 3.63) is 52.7 Å². The maximum Gasteiger partial charge on any atom is 0.344 e. The Morgan fingerprint density at radius 2 is 1.89 bits per heavy atom. The number of allylic oxidation sites excluding steroid dienone is 1. The maximum absolute atomic E-state index is 12.5. The van der Waals surface area contributed by atoms with Crippen LogP contribution in [0.15, 0.2) is 34.4 Å². The number of ether oxygens (including phenoxy) is 3. The van der Waals surface area contributed by atoms with Crippen molar-refractivity contribution in [2.24, 2.45) is 0 Å².